The smallest absolute Gasteiger partial charge is 0.385 e. The second kappa shape index (κ2) is 10.6. The van der Waals surface area contributed by atoms with E-state index >= 15 is 0 Å². The summed E-state index contributed by atoms with van der Waals surface area (Å²) in [6.07, 6.45) is -0.817. The third-order valence-corrected chi connectivity index (χ3v) is 12.0. The quantitative estimate of drug-likeness (QED) is 0.229. The molecule has 9 heteroatoms. The maximum absolute atomic E-state index is 12.2. The molecule has 2 aromatic carbocycles. The van der Waals surface area contributed by atoms with E-state index in [1.807, 2.05) is 60.7 Å². The van der Waals surface area contributed by atoms with E-state index in [1.165, 1.54) is 26.0 Å². The second-order valence-electron chi connectivity index (χ2n) is 10.5. The van der Waals surface area contributed by atoms with Crippen molar-refractivity contribution in [2.45, 2.75) is 63.5 Å². The molecule has 8 nitrogen and oxygen atoms in total. The van der Waals surface area contributed by atoms with Gasteiger partial charge in [-0.3, -0.25) is 10.1 Å². The number of aliphatic carboxylic acids is 1. The Labute approximate surface area is 212 Å². The van der Waals surface area contributed by atoms with Gasteiger partial charge in [-0.1, -0.05) is 101 Å². The van der Waals surface area contributed by atoms with E-state index in [4.69, 9.17) is 9.16 Å². The summed E-state index contributed by atoms with van der Waals surface area (Å²) < 4.78 is 12.8. The number of hydrogen-bond acceptors (Lipinski definition) is 6. The van der Waals surface area contributed by atoms with Crippen molar-refractivity contribution in [3.63, 3.8) is 0 Å². The third kappa shape index (κ3) is 4.76. The Kier molecular flexibility index (Phi) is 8.19. The minimum atomic E-state index is -2.96. The first-order valence-corrected chi connectivity index (χ1v) is 13.9. The van der Waals surface area contributed by atoms with E-state index < -0.39 is 49.0 Å². The van der Waals surface area contributed by atoms with Crippen molar-refractivity contribution in [2.24, 2.45) is 5.92 Å². The molecule has 0 radical (unpaired) electrons. The lowest BCUT2D eigenvalue weighted by molar-refractivity contribution is -0.576. The van der Waals surface area contributed by atoms with Crippen molar-refractivity contribution in [1.82, 2.24) is 0 Å². The molecule has 0 saturated carbocycles. The number of ether oxygens (including phenoxy) is 1. The number of nitrogens with zero attached hydrogens (tertiary/aromatic N) is 1. The zero-order valence-electron chi connectivity index (χ0n) is 21.3. The van der Waals surface area contributed by atoms with Crippen LogP contribution in [-0.2, 0) is 14.0 Å². The number of hydrogen-bond donors (Lipinski definition) is 2. The molecule has 194 valence electrons. The molecule has 0 aromatic heterocycles. The van der Waals surface area contributed by atoms with Gasteiger partial charge in [-0.25, -0.2) is 4.79 Å². The molecular weight excluding hydrogens is 478 g/mol. The number of aliphatic hydroxyl groups excluding tert-OH is 1. The van der Waals surface area contributed by atoms with Crippen LogP contribution in [0.2, 0.25) is 5.04 Å². The Bertz CT molecular complexity index is 1030. The Balaban J connectivity index is 2.03. The SMILES string of the molecule is CC(C)[C@](C(=O)O)([C@H]1C=C[C@@H](O)[C@@H](CO[Si](c2ccccc2)(c2ccccc2)C(C)(C)C)O1)[N+](=O)[O-]. The van der Waals surface area contributed by atoms with Crippen molar-refractivity contribution in [2.75, 3.05) is 6.61 Å². The normalized spacial score (nSPS) is 22.2. The van der Waals surface area contributed by atoms with Crippen molar-refractivity contribution in [3.8, 4) is 0 Å². The van der Waals surface area contributed by atoms with Crippen LogP contribution in [0.1, 0.15) is 34.6 Å². The lowest BCUT2D eigenvalue weighted by atomic mass is 9.80. The molecule has 1 aliphatic rings. The molecule has 36 heavy (non-hydrogen) atoms. The highest BCUT2D eigenvalue weighted by Gasteiger charge is 2.62. The van der Waals surface area contributed by atoms with Gasteiger partial charge in [0, 0.05) is 10.8 Å². The van der Waals surface area contributed by atoms with Crippen molar-refractivity contribution >= 4 is 24.7 Å². The summed E-state index contributed by atoms with van der Waals surface area (Å²) in [6, 6.07) is 19.9. The molecule has 0 saturated heterocycles. The van der Waals surface area contributed by atoms with Crippen molar-refractivity contribution in [3.05, 3.63) is 82.9 Å². The molecule has 1 heterocycles. The average Bonchev–Trinajstić information content (AvgIpc) is 2.81. The highest BCUT2D eigenvalue weighted by atomic mass is 28.4. The summed E-state index contributed by atoms with van der Waals surface area (Å²) >= 11 is 0. The van der Waals surface area contributed by atoms with Gasteiger partial charge in [0.05, 0.1) is 6.61 Å². The molecule has 3 rings (SSSR count). The summed E-state index contributed by atoms with van der Waals surface area (Å²) in [5.74, 6) is -2.45. The Hall–Kier alpha value is -2.85. The lowest BCUT2D eigenvalue weighted by Crippen LogP contribution is -2.68. The number of aliphatic hydroxyl groups is 1. The summed E-state index contributed by atoms with van der Waals surface area (Å²) in [7, 11) is -2.96. The van der Waals surface area contributed by atoms with Crippen LogP contribution in [0.4, 0.5) is 0 Å². The summed E-state index contributed by atoms with van der Waals surface area (Å²) in [6.45, 7) is 9.23. The zero-order chi connectivity index (χ0) is 26.7. The minimum Gasteiger partial charge on any atom is -0.476 e. The Morgan fingerprint density at radius 3 is 1.94 bits per heavy atom. The predicted molar refractivity (Wildman–Crippen MR) is 140 cm³/mol. The first-order chi connectivity index (χ1) is 16.9. The first-order valence-electron chi connectivity index (χ1n) is 12.0. The van der Waals surface area contributed by atoms with E-state index in [0.29, 0.717) is 0 Å². The van der Waals surface area contributed by atoms with Crippen molar-refractivity contribution < 1.29 is 29.1 Å². The number of carbonyl (C=O) groups is 1. The van der Waals surface area contributed by atoms with Gasteiger partial charge in [0.2, 0.25) is 0 Å². The number of benzene rings is 2. The first kappa shape index (κ1) is 27.7. The Morgan fingerprint density at radius 2 is 1.56 bits per heavy atom. The highest BCUT2D eigenvalue weighted by molar-refractivity contribution is 6.99. The minimum absolute atomic E-state index is 0.0687. The van der Waals surface area contributed by atoms with Crippen LogP contribution in [-0.4, -0.2) is 59.9 Å². The molecule has 0 bridgehead atoms. The fourth-order valence-electron chi connectivity index (χ4n) is 5.10. The average molecular weight is 514 g/mol. The number of carboxylic acid groups (broad SMARTS) is 1. The van der Waals surface area contributed by atoms with Gasteiger partial charge in [-0.2, -0.15) is 0 Å². The van der Waals surface area contributed by atoms with Crippen LogP contribution in [0.3, 0.4) is 0 Å². The standard InChI is InChI=1S/C27H35NO7Si/c1-19(2)27(25(30)31,28(32)33)24-17-16-22(29)23(35-24)18-34-36(26(3,4)5,20-12-8-6-9-13-20)21-14-10-7-11-15-21/h6-17,19,22-24,29H,18H2,1-5H3,(H,30,31)/t22-,23-,24-,27-/m1/s1. The van der Waals surface area contributed by atoms with E-state index in [0.717, 1.165) is 10.4 Å². The van der Waals surface area contributed by atoms with E-state index in [2.05, 4.69) is 20.8 Å². The number of nitro groups is 1. The number of carboxylic acids is 1. The molecule has 0 aliphatic carbocycles. The van der Waals surface area contributed by atoms with Crippen LogP contribution >= 0.6 is 0 Å². The predicted octanol–water partition coefficient (Wildman–Crippen LogP) is 3.00. The van der Waals surface area contributed by atoms with Gasteiger partial charge in [-0.05, 0) is 21.5 Å². The summed E-state index contributed by atoms with van der Waals surface area (Å²) in [5, 5.41) is 34.4. The molecule has 0 spiro atoms. The molecule has 0 amide bonds. The molecule has 0 fully saturated rings. The second-order valence-corrected chi connectivity index (χ2v) is 14.8. The van der Waals surface area contributed by atoms with Crippen LogP contribution < -0.4 is 10.4 Å². The maximum atomic E-state index is 12.2. The monoisotopic (exact) mass is 513 g/mol. The van der Waals surface area contributed by atoms with Gasteiger partial charge >= 0.3 is 11.5 Å². The van der Waals surface area contributed by atoms with Gasteiger partial charge in [0.15, 0.2) is 6.10 Å². The molecule has 4 atom stereocenters. The van der Waals surface area contributed by atoms with Gasteiger partial charge in [-0.15, -0.1) is 0 Å². The van der Waals surface area contributed by atoms with Crippen LogP contribution in [0.25, 0.3) is 0 Å². The van der Waals surface area contributed by atoms with E-state index in [1.54, 1.807) is 0 Å². The Morgan fingerprint density at radius 1 is 1.06 bits per heavy atom. The van der Waals surface area contributed by atoms with Crippen LogP contribution in [0, 0.1) is 16.0 Å². The van der Waals surface area contributed by atoms with Gasteiger partial charge < -0.3 is 19.4 Å². The summed E-state index contributed by atoms with van der Waals surface area (Å²) in [4.78, 5) is 23.4. The molecular formula is C27H35NO7Si. The summed E-state index contributed by atoms with van der Waals surface area (Å²) in [5.41, 5.74) is -2.40. The zero-order valence-corrected chi connectivity index (χ0v) is 22.3. The van der Waals surface area contributed by atoms with Gasteiger partial charge in [0.1, 0.15) is 12.2 Å². The fraction of sp³-hybridized carbons (Fsp3) is 0.444. The van der Waals surface area contributed by atoms with Crippen molar-refractivity contribution in [1.29, 1.82) is 0 Å². The lowest BCUT2D eigenvalue weighted by Gasteiger charge is -2.44. The third-order valence-electron chi connectivity index (χ3n) is 7.02. The van der Waals surface area contributed by atoms with Gasteiger partial charge in [0.25, 0.3) is 8.32 Å². The van der Waals surface area contributed by atoms with Crippen LogP contribution in [0.5, 0.6) is 0 Å². The molecule has 2 aromatic rings. The fourth-order valence-corrected chi connectivity index (χ4v) is 9.67. The highest BCUT2D eigenvalue weighted by Crippen LogP contribution is 2.38. The molecule has 1 aliphatic heterocycles. The van der Waals surface area contributed by atoms with Crippen LogP contribution in [0.15, 0.2) is 72.8 Å². The van der Waals surface area contributed by atoms with E-state index in [9.17, 15) is 25.1 Å². The topological polar surface area (TPSA) is 119 Å². The van der Waals surface area contributed by atoms with E-state index in [-0.39, 0.29) is 11.6 Å². The molecule has 0 unspecified atom stereocenters. The maximum Gasteiger partial charge on any atom is 0.385 e. The largest absolute Gasteiger partial charge is 0.476 e. The molecule has 2 N–H and O–H groups in total. The number of rotatable bonds is 9.